The molecule has 0 aliphatic carbocycles. The molecule has 3 heteroatoms. The van der Waals surface area contributed by atoms with Gasteiger partial charge in [-0.25, -0.2) is 4.98 Å². The summed E-state index contributed by atoms with van der Waals surface area (Å²) in [6.45, 7) is 15.6. The molecule has 0 fully saturated rings. The lowest BCUT2D eigenvalue weighted by Crippen LogP contribution is -2.18. The van der Waals surface area contributed by atoms with Crippen molar-refractivity contribution in [1.82, 2.24) is 10.3 Å². The quantitative estimate of drug-likeness (QED) is 0.765. The highest BCUT2D eigenvalue weighted by Gasteiger charge is 2.13. The Balaban J connectivity index is 2.75. The molecule has 20 heavy (non-hydrogen) atoms. The second kappa shape index (κ2) is 7.63. The molecular weight excluding hydrogens is 248 g/mol. The monoisotopic (exact) mass is 278 g/mol. The lowest BCUT2D eigenvalue weighted by Gasteiger charge is -2.19. The van der Waals surface area contributed by atoms with E-state index >= 15 is 0 Å². The van der Waals surface area contributed by atoms with Crippen molar-refractivity contribution in [2.75, 3.05) is 13.2 Å². The van der Waals surface area contributed by atoms with Gasteiger partial charge in [-0.05, 0) is 50.3 Å². The molecule has 1 rings (SSSR count). The van der Waals surface area contributed by atoms with Crippen molar-refractivity contribution in [3.63, 3.8) is 0 Å². The number of ether oxygens (including phenoxy) is 1. The zero-order chi connectivity index (χ0) is 15.2. The van der Waals surface area contributed by atoms with E-state index in [1.54, 1.807) is 0 Å². The SMILES string of the molecule is CCCNCc1c(C)cc(C)nc1OCCC(C)(C)C. The molecule has 0 spiro atoms. The molecule has 0 aliphatic rings. The van der Waals surface area contributed by atoms with Gasteiger partial charge in [0.25, 0.3) is 0 Å². The summed E-state index contributed by atoms with van der Waals surface area (Å²) in [5, 5.41) is 3.44. The molecule has 1 aromatic rings. The number of aryl methyl sites for hydroxylation is 2. The maximum Gasteiger partial charge on any atom is 0.218 e. The minimum atomic E-state index is 0.291. The van der Waals surface area contributed by atoms with E-state index in [-0.39, 0.29) is 0 Å². The second-order valence-electron chi connectivity index (χ2n) is 6.70. The standard InChI is InChI=1S/C17H30N2O/c1-7-9-18-12-15-13(2)11-14(3)19-16(15)20-10-8-17(4,5)6/h11,18H,7-10,12H2,1-6H3. The Hall–Kier alpha value is -1.09. The van der Waals surface area contributed by atoms with Crippen LogP contribution in [0.25, 0.3) is 0 Å². The third-order valence-corrected chi connectivity index (χ3v) is 3.26. The predicted molar refractivity (Wildman–Crippen MR) is 85.3 cm³/mol. The summed E-state index contributed by atoms with van der Waals surface area (Å²) in [6.07, 6.45) is 2.17. The van der Waals surface area contributed by atoms with Crippen molar-refractivity contribution in [2.45, 2.75) is 60.9 Å². The Bertz CT molecular complexity index is 422. The van der Waals surface area contributed by atoms with Gasteiger partial charge >= 0.3 is 0 Å². The summed E-state index contributed by atoms with van der Waals surface area (Å²) < 4.78 is 5.95. The van der Waals surface area contributed by atoms with E-state index < -0.39 is 0 Å². The summed E-state index contributed by atoms with van der Waals surface area (Å²) >= 11 is 0. The molecule has 0 bridgehead atoms. The van der Waals surface area contributed by atoms with Gasteiger partial charge in [0.1, 0.15) is 0 Å². The molecule has 0 saturated heterocycles. The Kier molecular flexibility index (Phi) is 6.47. The zero-order valence-electron chi connectivity index (χ0n) is 14.0. The van der Waals surface area contributed by atoms with Gasteiger partial charge in [0, 0.05) is 17.8 Å². The molecular formula is C17H30N2O. The zero-order valence-corrected chi connectivity index (χ0v) is 14.0. The van der Waals surface area contributed by atoms with Crippen molar-refractivity contribution in [3.05, 3.63) is 22.9 Å². The molecule has 0 saturated carbocycles. The average molecular weight is 278 g/mol. The van der Waals surface area contributed by atoms with Crippen LogP contribution in [0.5, 0.6) is 5.88 Å². The van der Waals surface area contributed by atoms with E-state index in [0.717, 1.165) is 44.1 Å². The predicted octanol–water partition coefficient (Wildman–Crippen LogP) is 4.01. The van der Waals surface area contributed by atoms with E-state index in [0.29, 0.717) is 5.41 Å². The van der Waals surface area contributed by atoms with Crippen molar-refractivity contribution in [1.29, 1.82) is 0 Å². The number of rotatable bonds is 7. The highest BCUT2D eigenvalue weighted by Crippen LogP contribution is 2.23. The number of aromatic nitrogens is 1. The molecule has 1 N–H and O–H groups in total. The summed E-state index contributed by atoms with van der Waals surface area (Å²) in [7, 11) is 0. The molecule has 1 aromatic heterocycles. The largest absolute Gasteiger partial charge is 0.477 e. The van der Waals surface area contributed by atoms with E-state index in [9.17, 15) is 0 Å². The lowest BCUT2D eigenvalue weighted by atomic mass is 9.93. The van der Waals surface area contributed by atoms with E-state index in [2.05, 4.69) is 51.0 Å². The Morgan fingerprint density at radius 2 is 1.95 bits per heavy atom. The maximum absolute atomic E-state index is 5.95. The Morgan fingerprint density at radius 1 is 1.25 bits per heavy atom. The highest BCUT2D eigenvalue weighted by atomic mass is 16.5. The van der Waals surface area contributed by atoms with Crippen LogP contribution in [-0.2, 0) is 6.54 Å². The number of pyridine rings is 1. The number of hydrogen-bond acceptors (Lipinski definition) is 3. The fraction of sp³-hybridized carbons (Fsp3) is 0.706. The molecule has 3 nitrogen and oxygen atoms in total. The van der Waals surface area contributed by atoms with Gasteiger partial charge in [-0.1, -0.05) is 27.7 Å². The van der Waals surface area contributed by atoms with Crippen molar-refractivity contribution in [3.8, 4) is 5.88 Å². The lowest BCUT2D eigenvalue weighted by molar-refractivity contribution is 0.233. The molecule has 114 valence electrons. The second-order valence-corrected chi connectivity index (χ2v) is 6.70. The third-order valence-electron chi connectivity index (χ3n) is 3.26. The molecule has 0 aliphatic heterocycles. The topological polar surface area (TPSA) is 34.2 Å². The van der Waals surface area contributed by atoms with E-state index in [4.69, 9.17) is 4.74 Å². The average Bonchev–Trinajstić information content (AvgIpc) is 2.30. The highest BCUT2D eigenvalue weighted by molar-refractivity contribution is 5.35. The van der Waals surface area contributed by atoms with E-state index in [1.165, 1.54) is 11.1 Å². The van der Waals surface area contributed by atoms with Crippen LogP contribution in [0.1, 0.15) is 57.4 Å². The van der Waals surface area contributed by atoms with Crippen molar-refractivity contribution < 1.29 is 4.74 Å². The van der Waals surface area contributed by atoms with E-state index in [1.807, 2.05) is 6.92 Å². The van der Waals surface area contributed by atoms with Crippen LogP contribution in [-0.4, -0.2) is 18.1 Å². The van der Waals surface area contributed by atoms with Gasteiger partial charge in [-0.2, -0.15) is 0 Å². The molecule has 0 atom stereocenters. The number of nitrogens with one attached hydrogen (secondary N) is 1. The van der Waals surface area contributed by atoms with Gasteiger partial charge in [0.2, 0.25) is 5.88 Å². The smallest absolute Gasteiger partial charge is 0.218 e. The third kappa shape index (κ3) is 5.91. The fourth-order valence-corrected chi connectivity index (χ4v) is 2.01. The van der Waals surface area contributed by atoms with Gasteiger partial charge in [-0.3, -0.25) is 0 Å². The van der Waals surface area contributed by atoms with Gasteiger partial charge in [0.15, 0.2) is 0 Å². The summed E-state index contributed by atoms with van der Waals surface area (Å²) in [6, 6.07) is 2.12. The summed E-state index contributed by atoms with van der Waals surface area (Å²) in [5.74, 6) is 0.801. The van der Waals surface area contributed by atoms with Crippen LogP contribution < -0.4 is 10.1 Å². The van der Waals surface area contributed by atoms with Crippen LogP contribution in [0.2, 0.25) is 0 Å². The maximum atomic E-state index is 5.95. The van der Waals surface area contributed by atoms with Crippen LogP contribution in [0.4, 0.5) is 0 Å². The van der Waals surface area contributed by atoms with Crippen molar-refractivity contribution >= 4 is 0 Å². The first-order valence-electron chi connectivity index (χ1n) is 7.64. The first-order valence-corrected chi connectivity index (χ1v) is 7.64. The molecule has 0 amide bonds. The van der Waals surface area contributed by atoms with Gasteiger partial charge in [0.05, 0.1) is 6.61 Å². The van der Waals surface area contributed by atoms with Crippen LogP contribution in [0.15, 0.2) is 6.07 Å². The number of hydrogen-bond donors (Lipinski definition) is 1. The summed E-state index contributed by atoms with van der Waals surface area (Å²) in [4.78, 5) is 4.57. The van der Waals surface area contributed by atoms with Crippen molar-refractivity contribution in [2.24, 2.45) is 5.41 Å². The molecule has 0 unspecified atom stereocenters. The first-order chi connectivity index (χ1) is 9.33. The van der Waals surface area contributed by atoms with Gasteiger partial charge < -0.3 is 10.1 Å². The van der Waals surface area contributed by atoms with Crippen LogP contribution in [0.3, 0.4) is 0 Å². The summed E-state index contributed by atoms with van der Waals surface area (Å²) in [5.41, 5.74) is 3.76. The van der Waals surface area contributed by atoms with Gasteiger partial charge in [-0.15, -0.1) is 0 Å². The fourth-order valence-electron chi connectivity index (χ4n) is 2.01. The van der Waals surface area contributed by atoms with Crippen LogP contribution >= 0.6 is 0 Å². The minimum Gasteiger partial charge on any atom is -0.477 e. The molecule has 1 heterocycles. The number of nitrogens with zero attached hydrogens (tertiary/aromatic N) is 1. The Morgan fingerprint density at radius 3 is 2.55 bits per heavy atom. The Labute approximate surface area is 124 Å². The first kappa shape index (κ1) is 17.0. The normalized spacial score (nSPS) is 11.7. The van der Waals surface area contributed by atoms with Crippen LogP contribution in [0, 0.1) is 19.3 Å². The molecule has 0 aromatic carbocycles. The minimum absolute atomic E-state index is 0.291. The molecule has 0 radical (unpaired) electrons.